The number of nitrogens with zero attached hydrogens (tertiary/aromatic N) is 2. The summed E-state index contributed by atoms with van der Waals surface area (Å²) in [6.45, 7) is 5.36. The van der Waals surface area contributed by atoms with Crippen molar-refractivity contribution in [3.05, 3.63) is 35.5 Å². The van der Waals surface area contributed by atoms with Gasteiger partial charge in [0.2, 0.25) is 5.91 Å². The molecule has 0 spiro atoms. The Kier molecular flexibility index (Phi) is 3.87. The summed E-state index contributed by atoms with van der Waals surface area (Å²) < 4.78 is 5.19. The molecule has 1 atom stereocenters. The molecule has 1 saturated heterocycles. The van der Waals surface area contributed by atoms with E-state index in [0.717, 1.165) is 27.2 Å². The van der Waals surface area contributed by atoms with Gasteiger partial charge in [-0.05, 0) is 32.4 Å². The molecule has 8 heteroatoms. The minimum atomic E-state index is -0.749. The maximum Gasteiger partial charge on any atom is 0.426 e. The van der Waals surface area contributed by atoms with E-state index in [1.165, 1.54) is 0 Å². The van der Waals surface area contributed by atoms with Gasteiger partial charge < -0.3 is 14.6 Å². The van der Waals surface area contributed by atoms with Crippen LogP contribution in [0.1, 0.15) is 32.0 Å². The van der Waals surface area contributed by atoms with E-state index in [-0.39, 0.29) is 18.4 Å². The highest BCUT2D eigenvalue weighted by atomic mass is 16.6. The molecule has 2 aliphatic rings. The van der Waals surface area contributed by atoms with Gasteiger partial charge in [-0.1, -0.05) is 18.2 Å². The minimum absolute atomic E-state index is 0.204. The van der Waals surface area contributed by atoms with Crippen LogP contribution in [-0.2, 0) is 27.3 Å². The van der Waals surface area contributed by atoms with Gasteiger partial charge in [0.05, 0.1) is 6.54 Å². The molecule has 0 aliphatic carbocycles. The first-order valence-corrected chi connectivity index (χ1v) is 8.92. The quantitative estimate of drug-likeness (QED) is 0.799. The summed E-state index contributed by atoms with van der Waals surface area (Å²) in [4.78, 5) is 42.5. The Morgan fingerprint density at radius 1 is 1.22 bits per heavy atom. The molecule has 2 N–H and O–H groups in total. The second-order valence-corrected chi connectivity index (χ2v) is 7.91. The highest BCUT2D eigenvalue weighted by molar-refractivity contribution is 5.97. The fourth-order valence-electron chi connectivity index (χ4n) is 3.68. The number of fused-ring (bicyclic) bond motifs is 4. The Hall–Kier alpha value is -3.03. The van der Waals surface area contributed by atoms with Crippen molar-refractivity contribution >= 4 is 28.8 Å². The Balaban J connectivity index is 1.58. The summed E-state index contributed by atoms with van der Waals surface area (Å²) >= 11 is 0. The largest absolute Gasteiger partial charge is 0.443 e. The van der Waals surface area contributed by atoms with Crippen LogP contribution in [-0.4, -0.2) is 51.0 Å². The summed E-state index contributed by atoms with van der Waals surface area (Å²) in [6, 6.07) is 7.25. The van der Waals surface area contributed by atoms with E-state index in [4.69, 9.17) is 4.74 Å². The van der Waals surface area contributed by atoms with Crippen molar-refractivity contribution in [3.8, 4) is 0 Å². The first-order valence-electron chi connectivity index (χ1n) is 8.92. The third kappa shape index (κ3) is 3.11. The number of nitrogens with one attached hydrogen (secondary N) is 2. The number of hydrazine groups is 1. The van der Waals surface area contributed by atoms with Gasteiger partial charge in [0, 0.05) is 23.0 Å². The van der Waals surface area contributed by atoms with Gasteiger partial charge in [0.1, 0.15) is 18.2 Å². The van der Waals surface area contributed by atoms with Crippen molar-refractivity contribution < 1.29 is 19.1 Å². The average molecular weight is 370 g/mol. The van der Waals surface area contributed by atoms with E-state index in [1.54, 1.807) is 25.7 Å². The second kappa shape index (κ2) is 6.00. The number of benzene rings is 1. The Morgan fingerprint density at radius 2 is 1.96 bits per heavy atom. The van der Waals surface area contributed by atoms with Gasteiger partial charge in [0.25, 0.3) is 5.91 Å². The number of hydrogen-bond donors (Lipinski definition) is 2. The molecule has 142 valence electrons. The van der Waals surface area contributed by atoms with Crippen molar-refractivity contribution in [2.45, 2.75) is 45.4 Å². The summed E-state index contributed by atoms with van der Waals surface area (Å²) in [7, 11) is 0. The van der Waals surface area contributed by atoms with Crippen LogP contribution in [0.2, 0.25) is 0 Å². The van der Waals surface area contributed by atoms with E-state index in [0.29, 0.717) is 13.0 Å². The number of amides is 3. The molecule has 1 unspecified atom stereocenters. The molecule has 0 radical (unpaired) electrons. The van der Waals surface area contributed by atoms with Crippen molar-refractivity contribution in [1.82, 2.24) is 20.3 Å². The Labute approximate surface area is 156 Å². The van der Waals surface area contributed by atoms with Crippen LogP contribution in [0.25, 0.3) is 10.9 Å². The van der Waals surface area contributed by atoms with Gasteiger partial charge >= 0.3 is 6.09 Å². The number of carbonyl (C=O) groups is 3. The van der Waals surface area contributed by atoms with Gasteiger partial charge in [-0.2, -0.15) is 0 Å². The number of H-pyrrole nitrogens is 1. The first kappa shape index (κ1) is 17.4. The third-order valence-electron chi connectivity index (χ3n) is 4.79. The monoisotopic (exact) mass is 370 g/mol. The molecule has 4 rings (SSSR count). The zero-order valence-electron chi connectivity index (χ0n) is 15.5. The highest BCUT2D eigenvalue weighted by Crippen LogP contribution is 2.32. The molecular weight excluding hydrogens is 348 g/mol. The summed E-state index contributed by atoms with van der Waals surface area (Å²) in [5, 5.41) is 2.13. The predicted molar refractivity (Wildman–Crippen MR) is 97.4 cm³/mol. The second-order valence-electron chi connectivity index (χ2n) is 7.91. The van der Waals surface area contributed by atoms with Gasteiger partial charge in [-0.3, -0.25) is 9.59 Å². The van der Waals surface area contributed by atoms with Crippen LogP contribution in [0.15, 0.2) is 24.3 Å². The number of para-hydroxylation sites is 1. The molecule has 8 nitrogen and oxygen atoms in total. The summed E-state index contributed by atoms with van der Waals surface area (Å²) in [5.41, 5.74) is 4.72. The van der Waals surface area contributed by atoms with Crippen LogP contribution in [0.4, 0.5) is 4.79 Å². The predicted octanol–water partition coefficient (Wildman–Crippen LogP) is 1.70. The number of hydrogen-bond acceptors (Lipinski definition) is 4. The van der Waals surface area contributed by atoms with Gasteiger partial charge in [0.15, 0.2) is 0 Å². The summed E-state index contributed by atoms with van der Waals surface area (Å²) in [6.07, 6.45) is -0.336. The number of aromatic amines is 1. The lowest BCUT2D eigenvalue weighted by Crippen LogP contribution is -2.65. The number of aromatic nitrogens is 1. The molecule has 2 aromatic rings. The first-order chi connectivity index (χ1) is 12.7. The maximum atomic E-state index is 12.9. The van der Waals surface area contributed by atoms with E-state index < -0.39 is 17.7 Å². The standard InChI is InChI=1S/C19H22N4O4/c1-19(2,3)27-18(26)21-23-10-16(24)22-9-14-12(8-15(22)17(23)25)11-6-4-5-7-13(11)20-14/h4-7,15,20H,8-10H2,1-3H3,(H,21,26). The summed E-state index contributed by atoms with van der Waals surface area (Å²) in [5.74, 6) is -0.517. The van der Waals surface area contributed by atoms with E-state index in [1.807, 2.05) is 24.3 Å². The molecular formula is C19H22N4O4. The van der Waals surface area contributed by atoms with Crippen molar-refractivity contribution in [2.24, 2.45) is 0 Å². The zero-order valence-corrected chi connectivity index (χ0v) is 15.5. The van der Waals surface area contributed by atoms with Crippen molar-refractivity contribution in [1.29, 1.82) is 0 Å². The zero-order chi connectivity index (χ0) is 19.3. The maximum absolute atomic E-state index is 12.9. The number of rotatable bonds is 1. The molecule has 2 aliphatic heterocycles. The number of piperazine rings is 1. The third-order valence-corrected chi connectivity index (χ3v) is 4.79. The van der Waals surface area contributed by atoms with Crippen LogP contribution in [0, 0.1) is 0 Å². The minimum Gasteiger partial charge on any atom is -0.443 e. The van der Waals surface area contributed by atoms with E-state index in [2.05, 4.69) is 10.4 Å². The molecule has 0 saturated carbocycles. The SMILES string of the molecule is CC(C)(C)OC(=O)NN1CC(=O)N2Cc3[nH]c4ccccc4c3CC2C1=O. The molecule has 27 heavy (non-hydrogen) atoms. The molecule has 3 heterocycles. The van der Waals surface area contributed by atoms with Crippen LogP contribution in [0.5, 0.6) is 0 Å². The van der Waals surface area contributed by atoms with Crippen molar-refractivity contribution in [3.63, 3.8) is 0 Å². The highest BCUT2D eigenvalue weighted by Gasteiger charge is 2.44. The van der Waals surface area contributed by atoms with Crippen LogP contribution >= 0.6 is 0 Å². The fraction of sp³-hybridized carbons (Fsp3) is 0.421. The van der Waals surface area contributed by atoms with E-state index in [9.17, 15) is 14.4 Å². The Bertz CT molecular complexity index is 943. The molecule has 1 fully saturated rings. The number of carbonyl (C=O) groups excluding carboxylic acids is 3. The van der Waals surface area contributed by atoms with Crippen LogP contribution in [0.3, 0.4) is 0 Å². The normalized spacial score (nSPS) is 19.7. The lowest BCUT2D eigenvalue weighted by Gasteiger charge is -2.42. The average Bonchev–Trinajstić information content (AvgIpc) is 2.94. The fourth-order valence-corrected chi connectivity index (χ4v) is 3.68. The molecule has 0 bridgehead atoms. The van der Waals surface area contributed by atoms with Crippen molar-refractivity contribution in [2.75, 3.05) is 6.54 Å². The van der Waals surface area contributed by atoms with E-state index >= 15 is 0 Å². The Morgan fingerprint density at radius 3 is 2.70 bits per heavy atom. The topological polar surface area (TPSA) is 94.7 Å². The smallest absolute Gasteiger partial charge is 0.426 e. The molecule has 1 aromatic carbocycles. The number of ether oxygens (including phenoxy) is 1. The lowest BCUT2D eigenvalue weighted by atomic mass is 9.94. The van der Waals surface area contributed by atoms with Gasteiger partial charge in [-0.15, -0.1) is 0 Å². The molecule has 1 aromatic heterocycles. The van der Waals surface area contributed by atoms with Gasteiger partial charge in [-0.25, -0.2) is 15.2 Å². The lowest BCUT2D eigenvalue weighted by molar-refractivity contribution is -0.160. The van der Waals surface area contributed by atoms with Crippen LogP contribution < -0.4 is 5.43 Å². The molecule has 3 amide bonds.